The third kappa shape index (κ3) is 3.56. The fraction of sp³-hybridized carbons (Fsp3) is 0.133. The summed E-state index contributed by atoms with van der Waals surface area (Å²) in [6.07, 6.45) is 0. The summed E-state index contributed by atoms with van der Waals surface area (Å²) in [5, 5.41) is 2.16. The number of rotatable bonds is 4. The molecule has 2 aromatic carbocycles. The summed E-state index contributed by atoms with van der Waals surface area (Å²) in [5.74, 6) is -2.89. The monoisotopic (exact) mass is 310 g/mol. The number of nitrogens with two attached hydrogens (primary N) is 1. The Morgan fingerprint density at radius 1 is 1.24 bits per heavy atom. The van der Waals surface area contributed by atoms with Gasteiger partial charge in [-0.1, -0.05) is 41.9 Å². The van der Waals surface area contributed by atoms with E-state index < -0.39 is 23.5 Å². The van der Waals surface area contributed by atoms with Gasteiger partial charge >= 0.3 is 0 Å². The Labute approximate surface area is 125 Å². The van der Waals surface area contributed by atoms with Gasteiger partial charge in [-0.2, -0.15) is 0 Å². The molecule has 0 aliphatic heterocycles. The first-order chi connectivity index (χ1) is 10.0. The van der Waals surface area contributed by atoms with E-state index in [1.807, 2.05) is 6.07 Å². The highest BCUT2D eigenvalue weighted by atomic mass is 35.5. The Kier molecular flexibility index (Phi) is 4.88. The van der Waals surface area contributed by atoms with Crippen molar-refractivity contribution in [2.45, 2.75) is 5.92 Å². The number of nitrogens with one attached hydrogen (secondary N) is 1. The second-order valence-electron chi connectivity index (χ2n) is 4.43. The van der Waals surface area contributed by atoms with Crippen LogP contribution in [0.5, 0.6) is 0 Å². The van der Waals surface area contributed by atoms with Gasteiger partial charge in [-0.15, -0.1) is 0 Å². The maximum Gasteiger partial charge on any atom is 0.233 e. The molecule has 6 heteroatoms. The van der Waals surface area contributed by atoms with Gasteiger partial charge in [0.05, 0.1) is 16.6 Å². The van der Waals surface area contributed by atoms with Crippen molar-refractivity contribution in [3.05, 3.63) is 64.7 Å². The molecule has 0 aliphatic rings. The minimum Gasteiger partial charge on any atom is -0.329 e. The molecule has 0 spiro atoms. The number of hydrogen-bond acceptors (Lipinski definition) is 2. The first-order valence-electron chi connectivity index (χ1n) is 6.23. The van der Waals surface area contributed by atoms with E-state index in [2.05, 4.69) is 5.32 Å². The Bertz CT molecular complexity index is 626. The van der Waals surface area contributed by atoms with Crippen molar-refractivity contribution in [3.63, 3.8) is 0 Å². The molecular weight excluding hydrogens is 298 g/mol. The zero-order valence-corrected chi connectivity index (χ0v) is 11.7. The van der Waals surface area contributed by atoms with E-state index in [0.717, 1.165) is 6.07 Å². The van der Waals surface area contributed by atoms with Gasteiger partial charge in [0.25, 0.3) is 0 Å². The summed E-state index contributed by atoms with van der Waals surface area (Å²) < 4.78 is 26.6. The number of benzene rings is 2. The van der Waals surface area contributed by atoms with Gasteiger partial charge in [0.1, 0.15) is 5.82 Å². The molecule has 2 aromatic rings. The third-order valence-corrected chi connectivity index (χ3v) is 3.31. The Balaban J connectivity index is 2.25. The van der Waals surface area contributed by atoms with Gasteiger partial charge in [-0.05, 0) is 11.6 Å². The van der Waals surface area contributed by atoms with Crippen LogP contribution in [0.15, 0.2) is 42.5 Å². The molecule has 0 saturated heterocycles. The lowest BCUT2D eigenvalue weighted by Crippen LogP contribution is -2.27. The second-order valence-corrected chi connectivity index (χ2v) is 4.84. The molecule has 2 rings (SSSR count). The fourth-order valence-corrected chi connectivity index (χ4v) is 2.19. The van der Waals surface area contributed by atoms with Gasteiger partial charge in [0.15, 0.2) is 5.82 Å². The number of hydrogen-bond donors (Lipinski definition) is 2. The van der Waals surface area contributed by atoms with E-state index in [1.165, 1.54) is 0 Å². The SMILES string of the molecule is NCC(C(=O)Nc1c(F)cc(F)cc1Cl)c1ccccc1. The average molecular weight is 311 g/mol. The van der Waals surface area contributed by atoms with Crippen LogP contribution in [0, 0.1) is 11.6 Å². The molecule has 3 nitrogen and oxygen atoms in total. The molecule has 0 aromatic heterocycles. The summed E-state index contributed by atoms with van der Waals surface area (Å²) >= 11 is 5.75. The van der Waals surface area contributed by atoms with Gasteiger partial charge < -0.3 is 11.1 Å². The van der Waals surface area contributed by atoms with E-state index in [0.29, 0.717) is 11.6 Å². The van der Waals surface area contributed by atoms with Gasteiger partial charge in [0.2, 0.25) is 5.91 Å². The van der Waals surface area contributed by atoms with Gasteiger partial charge in [0, 0.05) is 12.6 Å². The number of halogens is 3. The van der Waals surface area contributed by atoms with Crippen molar-refractivity contribution in [2.24, 2.45) is 5.73 Å². The molecule has 0 fully saturated rings. The molecule has 1 atom stereocenters. The minimum atomic E-state index is -0.933. The van der Waals surface area contributed by atoms with E-state index in [1.54, 1.807) is 24.3 Å². The smallest absolute Gasteiger partial charge is 0.233 e. The topological polar surface area (TPSA) is 55.1 Å². The van der Waals surface area contributed by atoms with Crippen molar-refractivity contribution < 1.29 is 13.6 Å². The number of carbonyl (C=O) groups is 1. The van der Waals surface area contributed by atoms with Crippen LogP contribution in [0.1, 0.15) is 11.5 Å². The van der Waals surface area contributed by atoms with Crippen molar-refractivity contribution >= 4 is 23.2 Å². The van der Waals surface area contributed by atoms with Crippen molar-refractivity contribution in [2.75, 3.05) is 11.9 Å². The zero-order valence-electron chi connectivity index (χ0n) is 10.9. The van der Waals surface area contributed by atoms with Crippen molar-refractivity contribution in [3.8, 4) is 0 Å². The van der Waals surface area contributed by atoms with Crippen LogP contribution in [0.25, 0.3) is 0 Å². The molecule has 0 radical (unpaired) electrons. The molecule has 3 N–H and O–H groups in total. The van der Waals surface area contributed by atoms with Crippen LogP contribution in [-0.2, 0) is 4.79 Å². The van der Waals surface area contributed by atoms with Crippen LogP contribution in [0.4, 0.5) is 14.5 Å². The van der Waals surface area contributed by atoms with E-state index in [9.17, 15) is 13.6 Å². The predicted octanol–water partition coefficient (Wildman–Crippen LogP) is 3.30. The number of carbonyl (C=O) groups excluding carboxylic acids is 1. The van der Waals surface area contributed by atoms with E-state index in [4.69, 9.17) is 17.3 Å². The lowest BCUT2D eigenvalue weighted by atomic mass is 9.98. The first kappa shape index (κ1) is 15.4. The summed E-state index contributed by atoms with van der Waals surface area (Å²) in [7, 11) is 0. The number of amides is 1. The van der Waals surface area contributed by atoms with Gasteiger partial charge in [-0.3, -0.25) is 4.79 Å². The maximum atomic E-state index is 13.7. The zero-order chi connectivity index (χ0) is 15.4. The highest BCUT2D eigenvalue weighted by molar-refractivity contribution is 6.33. The molecule has 1 unspecified atom stereocenters. The van der Waals surface area contributed by atoms with Crippen LogP contribution in [0.3, 0.4) is 0 Å². The van der Waals surface area contributed by atoms with Crippen molar-refractivity contribution in [1.82, 2.24) is 0 Å². The Morgan fingerprint density at radius 3 is 2.48 bits per heavy atom. The molecule has 0 aliphatic carbocycles. The lowest BCUT2D eigenvalue weighted by molar-refractivity contribution is -0.117. The Hall–Kier alpha value is -1.98. The summed E-state index contributed by atoms with van der Waals surface area (Å²) in [4.78, 5) is 12.2. The molecule has 110 valence electrons. The lowest BCUT2D eigenvalue weighted by Gasteiger charge is -2.16. The fourth-order valence-electron chi connectivity index (χ4n) is 1.95. The standard InChI is InChI=1S/C15H13ClF2N2O/c16-12-6-10(17)7-13(18)14(12)20-15(21)11(8-19)9-4-2-1-3-5-9/h1-7,11H,8,19H2,(H,20,21). The molecule has 0 saturated carbocycles. The van der Waals surface area contributed by atoms with Crippen LogP contribution >= 0.6 is 11.6 Å². The van der Waals surface area contributed by atoms with Crippen LogP contribution in [0.2, 0.25) is 5.02 Å². The first-order valence-corrected chi connectivity index (χ1v) is 6.61. The van der Waals surface area contributed by atoms with E-state index in [-0.39, 0.29) is 17.3 Å². The molecular formula is C15H13ClF2N2O. The Morgan fingerprint density at radius 2 is 1.90 bits per heavy atom. The molecule has 0 bridgehead atoms. The van der Waals surface area contributed by atoms with Crippen molar-refractivity contribution in [1.29, 1.82) is 0 Å². The summed E-state index contributed by atoms with van der Waals surface area (Å²) in [6.45, 7) is 0.0519. The highest BCUT2D eigenvalue weighted by Gasteiger charge is 2.21. The second kappa shape index (κ2) is 6.65. The quantitative estimate of drug-likeness (QED) is 0.910. The van der Waals surface area contributed by atoms with Crippen LogP contribution in [-0.4, -0.2) is 12.5 Å². The highest BCUT2D eigenvalue weighted by Crippen LogP contribution is 2.27. The third-order valence-electron chi connectivity index (χ3n) is 3.01. The molecule has 0 heterocycles. The minimum absolute atomic E-state index is 0.0519. The average Bonchev–Trinajstić information content (AvgIpc) is 2.45. The maximum absolute atomic E-state index is 13.7. The normalized spacial score (nSPS) is 12.0. The molecule has 1 amide bonds. The largest absolute Gasteiger partial charge is 0.329 e. The van der Waals surface area contributed by atoms with Gasteiger partial charge in [-0.25, -0.2) is 8.78 Å². The summed E-state index contributed by atoms with van der Waals surface area (Å²) in [5.41, 5.74) is 6.06. The summed E-state index contributed by atoms with van der Waals surface area (Å²) in [6, 6.07) is 10.4. The van der Waals surface area contributed by atoms with E-state index >= 15 is 0 Å². The predicted molar refractivity (Wildman–Crippen MR) is 78.2 cm³/mol. The molecule has 21 heavy (non-hydrogen) atoms. The number of anilines is 1. The van der Waals surface area contributed by atoms with Crippen LogP contribution < -0.4 is 11.1 Å².